The summed E-state index contributed by atoms with van der Waals surface area (Å²) in [4.78, 5) is 0. The van der Waals surface area contributed by atoms with Gasteiger partial charge in [-0.3, -0.25) is 0 Å². The standard InChI is InChI=1S/C20H31O/c1-14-12-19(17-10-6-4-8-15(17)2)21-20(13-14)18-11-7-5-9-16(18)3/h12-13,15-18H,4-11H2,1-3H3/q+1/t15-,16+,17-,18+. The first-order chi connectivity index (χ1) is 10.1. The van der Waals surface area contributed by atoms with Crippen LogP contribution >= 0.6 is 0 Å². The van der Waals surface area contributed by atoms with E-state index in [1.54, 1.807) is 0 Å². The predicted molar refractivity (Wildman–Crippen MR) is 88.6 cm³/mol. The van der Waals surface area contributed by atoms with Crippen molar-refractivity contribution in [1.29, 1.82) is 0 Å². The smallest absolute Gasteiger partial charge is 0.217 e. The Morgan fingerprint density at radius 2 is 1.19 bits per heavy atom. The van der Waals surface area contributed by atoms with Crippen LogP contribution in [-0.2, 0) is 0 Å². The highest BCUT2D eigenvalue weighted by Crippen LogP contribution is 2.42. The molecule has 1 nitrogen and oxygen atoms in total. The summed E-state index contributed by atoms with van der Waals surface area (Å²) >= 11 is 0. The third-order valence-corrected chi connectivity index (χ3v) is 5.93. The van der Waals surface area contributed by atoms with Gasteiger partial charge in [0.2, 0.25) is 0 Å². The maximum Gasteiger partial charge on any atom is 0.333 e. The lowest BCUT2D eigenvalue weighted by Gasteiger charge is -2.26. The van der Waals surface area contributed by atoms with E-state index in [-0.39, 0.29) is 0 Å². The summed E-state index contributed by atoms with van der Waals surface area (Å²) in [6.07, 6.45) is 10.9. The summed E-state index contributed by atoms with van der Waals surface area (Å²) in [7, 11) is 0. The molecule has 0 spiro atoms. The van der Waals surface area contributed by atoms with Gasteiger partial charge >= 0.3 is 11.5 Å². The SMILES string of the molecule is Cc1cc([C@H]2CCCC[C@@H]2C)[o+]c([C@@H]2CCCC[C@H]2C)c1. The Morgan fingerprint density at radius 1 is 0.762 bits per heavy atom. The minimum absolute atomic E-state index is 0.649. The number of hydrogen-bond acceptors (Lipinski definition) is 0. The topological polar surface area (TPSA) is 11.3 Å². The summed E-state index contributed by atoms with van der Waals surface area (Å²) in [5.74, 6) is 5.40. The quantitative estimate of drug-likeness (QED) is 0.568. The fourth-order valence-corrected chi connectivity index (χ4v) is 4.53. The highest BCUT2D eigenvalue weighted by Gasteiger charge is 2.36. The molecule has 0 unspecified atom stereocenters. The molecule has 1 aromatic heterocycles. The second-order valence-corrected chi connectivity index (χ2v) is 7.68. The van der Waals surface area contributed by atoms with Crippen LogP contribution in [0.2, 0.25) is 0 Å². The molecule has 3 rings (SSSR count). The van der Waals surface area contributed by atoms with Crippen molar-refractivity contribution in [3.63, 3.8) is 0 Å². The van der Waals surface area contributed by atoms with Gasteiger partial charge in [0.05, 0.1) is 11.8 Å². The zero-order chi connectivity index (χ0) is 14.8. The number of hydrogen-bond donors (Lipinski definition) is 0. The van der Waals surface area contributed by atoms with E-state index < -0.39 is 0 Å². The summed E-state index contributed by atoms with van der Waals surface area (Å²) in [6, 6.07) is 4.62. The van der Waals surface area contributed by atoms with Gasteiger partial charge < -0.3 is 0 Å². The summed E-state index contributed by atoms with van der Waals surface area (Å²) in [5.41, 5.74) is 1.39. The van der Waals surface area contributed by atoms with Crippen LogP contribution in [0.3, 0.4) is 0 Å². The van der Waals surface area contributed by atoms with Gasteiger partial charge in [0.15, 0.2) is 0 Å². The first-order valence-corrected chi connectivity index (χ1v) is 9.09. The minimum Gasteiger partial charge on any atom is -0.217 e. The molecular formula is C20H31O+. The molecule has 1 aromatic rings. The molecule has 116 valence electrons. The van der Waals surface area contributed by atoms with Crippen LogP contribution < -0.4 is 0 Å². The molecule has 21 heavy (non-hydrogen) atoms. The molecule has 4 atom stereocenters. The van der Waals surface area contributed by atoms with Gasteiger partial charge in [0, 0.05) is 12.1 Å². The van der Waals surface area contributed by atoms with Gasteiger partial charge in [-0.05, 0) is 50.0 Å². The van der Waals surface area contributed by atoms with Crippen molar-refractivity contribution >= 4 is 0 Å². The zero-order valence-electron chi connectivity index (χ0n) is 14.0. The van der Waals surface area contributed by atoms with Gasteiger partial charge in [-0.1, -0.05) is 39.5 Å². The van der Waals surface area contributed by atoms with E-state index in [0.717, 1.165) is 11.8 Å². The van der Waals surface area contributed by atoms with Crippen molar-refractivity contribution in [2.75, 3.05) is 0 Å². The summed E-state index contributed by atoms with van der Waals surface area (Å²) < 4.78 is 6.48. The zero-order valence-corrected chi connectivity index (χ0v) is 14.0. The maximum atomic E-state index is 6.48. The third-order valence-electron chi connectivity index (χ3n) is 5.93. The van der Waals surface area contributed by atoms with Crippen molar-refractivity contribution in [2.24, 2.45) is 11.8 Å². The van der Waals surface area contributed by atoms with E-state index in [4.69, 9.17) is 4.42 Å². The lowest BCUT2D eigenvalue weighted by Crippen LogP contribution is -2.18. The Kier molecular flexibility index (Phi) is 4.66. The highest BCUT2D eigenvalue weighted by atomic mass is 16.3. The van der Waals surface area contributed by atoms with Crippen LogP contribution in [0.15, 0.2) is 16.5 Å². The van der Waals surface area contributed by atoms with E-state index in [2.05, 4.69) is 32.9 Å². The summed E-state index contributed by atoms with van der Waals surface area (Å²) in [5, 5.41) is 0. The molecule has 0 aromatic carbocycles. The van der Waals surface area contributed by atoms with Crippen molar-refractivity contribution in [3.8, 4) is 0 Å². The Balaban J connectivity index is 1.88. The lowest BCUT2D eigenvalue weighted by molar-refractivity contribution is 0.247. The first kappa shape index (κ1) is 15.1. The van der Waals surface area contributed by atoms with Crippen LogP contribution in [0.25, 0.3) is 0 Å². The first-order valence-electron chi connectivity index (χ1n) is 9.09. The van der Waals surface area contributed by atoms with Crippen LogP contribution in [-0.4, -0.2) is 0 Å². The van der Waals surface area contributed by atoms with Gasteiger partial charge in [-0.2, -0.15) is 0 Å². The summed E-state index contributed by atoms with van der Waals surface area (Å²) in [6.45, 7) is 7.05. The van der Waals surface area contributed by atoms with E-state index >= 15 is 0 Å². The molecule has 0 amide bonds. The monoisotopic (exact) mass is 287 g/mol. The predicted octanol–water partition coefficient (Wildman–Crippen LogP) is 6.46. The minimum atomic E-state index is 0.649. The molecule has 1 heteroatoms. The van der Waals surface area contributed by atoms with Gasteiger partial charge in [0.1, 0.15) is 0 Å². The lowest BCUT2D eigenvalue weighted by atomic mass is 9.77. The Morgan fingerprint density at radius 3 is 1.62 bits per heavy atom. The van der Waals surface area contributed by atoms with Gasteiger partial charge in [-0.15, -0.1) is 0 Å². The second kappa shape index (κ2) is 6.50. The molecule has 1 heterocycles. The average molecular weight is 287 g/mol. The van der Waals surface area contributed by atoms with Crippen LogP contribution in [0.1, 0.15) is 94.1 Å². The molecule has 0 aliphatic heterocycles. The number of aryl methyl sites for hydroxylation is 1. The normalized spacial score (nSPS) is 33.9. The molecule has 0 N–H and O–H groups in total. The molecule has 0 saturated heterocycles. The van der Waals surface area contributed by atoms with Crippen molar-refractivity contribution in [1.82, 2.24) is 0 Å². The van der Waals surface area contributed by atoms with Crippen molar-refractivity contribution in [3.05, 3.63) is 29.2 Å². The van der Waals surface area contributed by atoms with Crippen molar-refractivity contribution < 1.29 is 4.42 Å². The molecule has 0 bridgehead atoms. The maximum absolute atomic E-state index is 6.48. The van der Waals surface area contributed by atoms with E-state index in [1.807, 2.05) is 0 Å². The Labute approximate surface area is 130 Å². The van der Waals surface area contributed by atoms with Crippen LogP contribution in [0.4, 0.5) is 0 Å². The largest absolute Gasteiger partial charge is 0.333 e. The fraction of sp³-hybridized carbons (Fsp3) is 0.750. The van der Waals surface area contributed by atoms with E-state index in [9.17, 15) is 0 Å². The molecule has 2 aliphatic carbocycles. The van der Waals surface area contributed by atoms with Gasteiger partial charge in [0.25, 0.3) is 0 Å². The fourth-order valence-electron chi connectivity index (χ4n) is 4.53. The van der Waals surface area contributed by atoms with Crippen LogP contribution in [0.5, 0.6) is 0 Å². The average Bonchev–Trinajstić information content (AvgIpc) is 2.47. The second-order valence-electron chi connectivity index (χ2n) is 7.68. The highest BCUT2D eigenvalue weighted by molar-refractivity contribution is 5.22. The molecular weight excluding hydrogens is 256 g/mol. The number of rotatable bonds is 2. The Hall–Kier alpha value is -0.850. The molecule has 2 saturated carbocycles. The molecule has 0 radical (unpaired) electrons. The van der Waals surface area contributed by atoms with Gasteiger partial charge in [-0.25, -0.2) is 4.42 Å². The van der Waals surface area contributed by atoms with Crippen molar-refractivity contribution in [2.45, 2.75) is 84.0 Å². The van der Waals surface area contributed by atoms with E-state index in [1.165, 1.54) is 68.5 Å². The third kappa shape index (κ3) is 3.33. The van der Waals surface area contributed by atoms with E-state index in [0.29, 0.717) is 11.8 Å². The van der Waals surface area contributed by atoms with Crippen LogP contribution in [0, 0.1) is 18.8 Å². The molecule has 2 fully saturated rings. The Bertz CT molecular complexity index is 438. The molecule has 2 aliphatic rings.